The van der Waals surface area contributed by atoms with Crippen molar-refractivity contribution in [2.45, 2.75) is 31.2 Å². The van der Waals surface area contributed by atoms with Crippen LogP contribution in [0, 0.1) is 17.0 Å². The largest absolute Gasteiger partial charge is 0.494 e. The molecule has 0 radical (unpaired) electrons. The second-order valence-corrected chi connectivity index (χ2v) is 8.91. The van der Waals surface area contributed by atoms with E-state index in [0.717, 1.165) is 11.4 Å². The molecule has 0 spiro atoms. The van der Waals surface area contributed by atoms with E-state index in [1.165, 1.54) is 18.9 Å². The molecule has 1 atom stereocenters. The molecule has 1 heterocycles. The molecule has 0 bridgehead atoms. The van der Waals surface area contributed by atoms with E-state index in [-0.39, 0.29) is 11.5 Å². The van der Waals surface area contributed by atoms with Crippen molar-refractivity contribution in [3.8, 4) is 22.9 Å². The van der Waals surface area contributed by atoms with E-state index in [1.54, 1.807) is 6.07 Å². The van der Waals surface area contributed by atoms with Gasteiger partial charge in [-0.2, -0.15) is 0 Å². The van der Waals surface area contributed by atoms with Gasteiger partial charge in [0.1, 0.15) is 16.8 Å². The van der Waals surface area contributed by atoms with Crippen LogP contribution in [0.5, 0.6) is 17.2 Å². The first-order valence-corrected chi connectivity index (χ1v) is 12.0. The maximum absolute atomic E-state index is 11.5. The maximum Gasteiger partial charge on any atom is 0.220 e. The Balaban J connectivity index is 1.99. The van der Waals surface area contributed by atoms with E-state index in [2.05, 4.69) is 26.1 Å². The van der Waals surface area contributed by atoms with Gasteiger partial charge < -0.3 is 14.2 Å². The minimum Gasteiger partial charge on any atom is -0.494 e. The summed E-state index contributed by atoms with van der Waals surface area (Å²) in [5.74, 6) is 2.49. The lowest BCUT2D eigenvalue weighted by molar-refractivity contribution is -0.479. The topological polar surface area (TPSA) is 102 Å². The molecule has 0 aliphatic carbocycles. The molecule has 2 aromatic carbocycles. The Morgan fingerprint density at radius 3 is 2.45 bits per heavy atom. The van der Waals surface area contributed by atoms with Gasteiger partial charge in [-0.05, 0) is 78.7 Å². The minimum absolute atomic E-state index is 0.302. The van der Waals surface area contributed by atoms with E-state index < -0.39 is 5.25 Å². The fourth-order valence-corrected chi connectivity index (χ4v) is 4.99. The fourth-order valence-electron chi connectivity index (χ4n) is 3.26. The second-order valence-electron chi connectivity index (χ2n) is 6.88. The number of methoxy groups -OCH3 is 1. The predicted octanol–water partition coefficient (Wildman–Crippen LogP) is 5.25. The second kappa shape index (κ2) is 11.4. The standard InChI is InChI=1S/C22H25BrN4O5S/c1-5-31-17-9-7-16(8-10-17)27-14(3)24-25-22(27)33-20(13-26(28)29)15-11-18(23)21(32-6-2)19(12-15)30-4/h7-12,20H,5-6,13H2,1-4H3/t20-/m0/s1. The van der Waals surface area contributed by atoms with Crippen molar-refractivity contribution in [1.29, 1.82) is 0 Å². The van der Waals surface area contributed by atoms with Gasteiger partial charge in [-0.3, -0.25) is 14.7 Å². The lowest BCUT2D eigenvalue weighted by Gasteiger charge is -2.18. The van der Waals surface area contributed by atoms with Crippen LogP contribution >= 0.6 is 27.7 Å². The van der Waals surface area contributed by atoms with Crippen LogP contribution in [0.1, 0.15) is 30.5 Å². The third-order valence-corrected chi connectivity index (χ3v) is 6.45. The molecular weight excluding hydrogens is 512 g/mol. The Labute approximate surface area is 204 Å². The highest BCUT2D eigenvalue weighted by molar-refractivity contribution is 9.10. The number of ether oxygens (including phenoxy) is 3. The Morgan fingerprint density at radius 2 is 1.85 bits per heavy atom. The van der Waals surface area contributed by atoms with Crippen LogP contribution in [0.2, 0.25) is 0 Å². The number of hydrogen-bond acceptors (Lipinski definition) is 8. The molecule has 11 heteroatoms. The van der Waals surface area contributed by atoms with Crippen LogP contribution in [-0.2, 0) is 0 Å². The first kappa shape index (κ1) is 24.8. The smallest absolute Gasteiger partial charge is 0.220 e. The summed E-state index contributed by atoms with van der Waals surface area (Å²) in [6, 6.07) is 11.1. The molecule has 3 rings (SSSR count). The molecule has 0 fully saturated rings. The molecular formula is C22H25BrN4O5S. The van der Waals surface area contributed by atoms with Crippen LogP contribution in [0.25, 0.3) is 5.69 Å². The van der Waals surface area contributed by atoms with Crippen molar-refractivity contribution in [1.82, 2.24) is 14.8 Å². The highest BCUT2D eigenvalue weighted by Crippen LogP contribution is 2.43. The summed E-state index contributed by atoms with van der Waals surface area (Å²) in [5, 5.41) is 20.0. The van der Waals surface area contributed by atoms with Crippen molar-refractivity contribution in [3.05, 3.63) is 62.4 Å². The van der Waals surface area contributed by atoms with Gasteiger partial charge in [0.15, 0.2) is 16.7 Å². The van der Waals surface area contributed by atoms with Crippen LogP contribution in [0.3, 0.4) is 0 Å². The van der Waals surface area contributed by atoms with Gasteiger partial charge in [0.25, 0.3) is 0 Å². The lowest BCUT2D eigenvalue weighted by Crippen LogP contribution is -2.12. The summed E-state index contributed by atoms with van der Waals surface area (Å²) in [5.41, 5.74) is 1.55. The Bertz CT molecular complexity index is 1110. The molecule has 1 aromatic heterocycles. The SMILES string of the molecule is CCOc1ccc(-n2c(C)nnc2S[C@@H](C[N+](=O)[O-])c2cc(Br)c(OCC)c(OC)c2)cc1. The highest BCUT2D eigenvalue weighted by Gasteiger charge is 2.26. The normalized spacial score (nSPS) is 11.8. The van der Waals surface area contributed by atoms with E-state index in [9.17, 15) is 10.1 Å². The van der Waals surface area contributed by atoms with Crippen molar-refractivity contribution < 1.29 is 19.1 Å². The van der Waals surface area contributed by atoms with Gasteiger partial charge in [-0.25, -0.2) is 0 Å². The van der Waals surface area contributed by atoms with E-state index >= 15 is 0 Å². The summed E-state index contributed by atoms with van der Waals surface area (Å²) in [6.07, 6.45) is 0. The molecule has 0 unspecified atom stereocenters. The van der Waals surface area contributed by atoms with Crippen LogP contribution in [0.4, 0.5) is 0 Å². The quantitative estimate of drug-likeness (QED) is 0.186. The average molecular weight is 537 g/mol. The van der Waals surface area contributed by atoms with Crippen LogP contribution in [-0.4, -0.2) is 46.6 Å². The van der Waals surface area contributed by atoms with Gasteiger partial charge >= 0.3 is 0 Å². The van der Waals surface area contributed by atoms with E-state index in [0.29, 0.717) is 45.7 Å². The van der Waals surface area contributed by atoms with Gasteiger partial charge in [0.05, 0.1) is 24.8 Å². The van der Waals surface area contributed by atoms with Crippen molar-refractivity contribution in [2.75, 3.05) is 26.9 Å². The van der Waals surface area contributed by atoms with E-state index in [4.69, 9.17) is 14.2 Å². The first-order chi connectivity index (χ1) is 15.9. The Morgan fingerprint density at radius 1 is 1.15 bits per heavy atom. The summed E-state index contributed by atoms with van der Waals surface area (Å²) >= 11 is 4.78. The Hall–Kier alpha value is -2.79. The molecule has 33 heavy (non-hydrogen) atoms. The van der Waals surface area contributed by atoms with Crippen molar-refractivity contribution in [2.24, 2.45) is 0 Å². The summed E-state index contributed by atoms with van der Waals surface area (Å²) in [7, 11) is 1.54. The summed E-state index contributed by atoms with van der Waals surface area (Å²) in [4.78, 5) is 11.2. The number of benzene rings is 2. The average Bonchev–Trinajstić information content (AvgIpc) is 3.15. The van der Waals surface area contributed by atoms with Crippen molar-refractivity contribution >= 4 is 27.7 Å². The zero-order valence-electron chi connectivity index (χ0n) is 18.8. The number of nitrogens with zero attached hydrogens (tertiary/aromatic N) is 4. The van der Waals surface area contributed by atoms with Crippen molar-refractivity contribution in [3.63, 3.8) is 0 Å². The number of rotatable bonds is 11. The molecule has 0 saturated heterocycles. The number of aryl methyl sites for hydroxylation is 1. The molecule has 0 aliphatic heterocycles. The number of aromatic nitrogens is 3. The summed E-state index contributed by atoms with van der Waals surface area (Å²) < 4.78 is 19.2. The molecule has 3 aromatic rings. The molecule has 0 saturated carbocycles. The van der Waals surface area contributed by atoms with Crippen LogP contribution in [0.15, 0.2) is 46.0 Å². The summed E-state index contributed by atoms with van der Waals surface area (Å²) in [6.45, 7) is 6.38. The molecule has 0 amide bonds. The highest BCUT2D eigenvalue weighted by atomic mass is 79.9. The monoisotopic (exact) mass is 536 g/mol. The van der Waals surface area contributed by atoms with Gasteiger partial charge in [0, 0.05) is 10.6 Å². The van der Waals surface area contributed by atoms with E-state index in [1.807, 2.05) is 55.7 Å². The zero-order chi connectivity index (χ0) is 24.0. The zero-order valence-corrected chi connectivity index (χ0v) is 21.2. The first-order valence-electron chi connectivity index (χ1n) is 10.3. The Kier molecular flexibility index (Phi) is 8.56. The minimum atomic E-state index is -0.536. The predicted molar refractivity (Wildman–Crippen MR) is 130 cm³/mol. The number of nitro groups is 1. The molecule has 9 nitrogen and oxygen atoms in total. The van der Waals surface area contributed by atoms with Gasteiger partial charge in [-0.15, -0.1) is 10.2 Å². The fraction of sp³-hybridized carbons (Fsp3) is 0.364. The number of hydrogen-bond donors (Lipinski definition) is 0. The maximum atomic E-state index is 11.5. The number of halogens is 1. The molecule has 0 aliphatic rings. The van der Waals surface area contributed by atoms with Gasteiger partial charge in [0.2, 0.25) is 6.54 Å². The number of thioether (sulfide) groups is 1. The third-order valence-electron chi connectivity index (χ3n) is 4.68. The lowest BCUT2D eigenvalue weighted by atomic mass is 10.1. The van der Waals surface area contributed by atoms with Gasteiger partial charge in [-0.1, -0.05) is 11.8 Å². The third kappa shape index (κ3) is 5.97. The van der Waals surface area contributed by atoms with Crippen LogP contribution < -0.4 is 14.2 Å². The molecule has 0 N–H and O–H groups in total. The molecule has 176 valence electrons.